The summed E-state index contributed by atoms with van der Waals surface area (Å²) >= 11 is 6.07. The van der Waals surface area contributed by atoms with Crippen molar-refractivity contribution in [2.24, 2.45) is 0 Å². The molecule has 128 valence electrons. The molecule has 2 aliphatic rings. The smallest absolute Gasteiger partial charge is 0.262 e. The molecule has 4 rings (SSSR count). The maximum atomic E-state index is 13.9. The van der Waals surface area contributed by atoms with Crippen LogP contribution in [0.1, 0.15) is 28.3 Å². The van der Waals surface area contributed by atoms with E-state index >= 15 is 0 Å². The van der Waals surface area contributed by atoms with Crippen LogP contribution in [-0.2, 0) is 4.79 Å². The van der Waals surface area contributed by atoms with Crippen molar-refractivity contribution in [1.82, 2.24) is 5.32 Å². The zero-order valence-electron chi connectivity index (χ0n) is 13.0. The minimum absolute atomic E-state index is 0.0360. The summed E-state index contributed by atoms with van der Waals surface area (Å²) in [6, 6.07) is 9.23. The fraction of sp³-hybridized carbons (Fsp3) is 0.222. The zero-order valence-corrected chi connectivity index (χ0v) is 13.8. The van der Waals surface area contributed by atoms with Gasteiger partial charge < -0.3 is 15.4 Å². The third-order valence-corrected chi connectivity index (χ3v) is 4.68. The second-order valence-corrected chi connectivity index (χ2v) is 6.51. The maximum Gasteiger partial charge on any atom is 0.262 e. The highest BCUT2D eigenvalue weighted by atomic mass is 35.5. The van der Waals surface area contributed by atoms with Crippen LogP contribution in [0.2, 0.25) is 5.02 Å². The Balaban J connectivity index is 1.47. The lowest BCUT2D eigenvalue weighted by molar-refractivity contribution is -0.118. The van der Waals surface area contributed by atoms with Gasteiger partial charge in [-0.1, -0.05) is 17.7 Å². The SMILES string of the molecule is O=C1COc2ccc(C(=O)NC3CC3c3c(F)cccc3Cl)cc2N1. The molecule has 1 aliphatic carbocycles. The van der Waals surface area contributed by atoms with Crippen LogP contribution in [0.3, 0.4) is 0 Å². The summed E-state index contributed by atoms with van der Waals surface area (Å²) in [6.45, 7) is -0.0360. The Morgan fingerprint density at radius 3 is 2.96 bits per heavy atom. The highest BCUT2D eigenvalue weighted by Gasteiger charge is 2.42. The molecule has 1 fully saturated rings. The molecule has 2 atom stereocenters. The zero-order chi connectivity index (χ0) is 17.6. The van der Waals surface area contributed by atoms with Crippen molar-refractivity contribution in [3.8, 4) is 5.75 Å². The highest BCUT2D eigenvalue weighted by Crippen LogP contribution is 2.45. The summed E-state index contributed by atoms with van der Waals surface area (Å²) < 4.78 is 19.2. The number of rotatable bonds is 3. The lowest BCUT2D eigenvalue weighted by atomic mass is 10.1. The Morgan fingerprint density at radius 2 is 2.16 bits per heavy atom. The van der Waals surface area contributed by atoms with Crippen molar-refractivity contribution in [2.45, 2.75) is 18.4 Å². The lowest BCUT2D eigenvalue weighted by Gasteiger charge is -2.18. The van der Waals surface area contributed by atoms with E-state index in [1.54, 1.807) is 30.3 Å². The minimum atomic E-state index is -0.358. The number of hydrogen-bond donors (Lipinski definition) is 2. The van der Waals surface area contributed by atoms with Gasteiger partial charge in [-0.3, -0.25) is 9.59 Å². The van der Waals surface area contributed by atoms with Crippen LogP contribution in [0.15, 0.2) is 36.4 Å². The molecule has 5 nitrogen and oxygen atoms in total. The average molecular weight is 361 g/mol. The third-order valence-electron chi connectivity index (χ3n) is 4.35. The van der Waals surface area contributed by atoms with Gasteiger partial charge in [0.15, 0.2) is 6.61 Å². The van der Waals surface area contributed by atoms with Crippen LogP contribution in [0.4, 0.5) is 10.1 Å². The number of fused-ring (bicyclic) bond motifs is 1. The van der Waals surface area contributed by atoms with Gasteiger partial charge in [-0.15, -0.1) is 0 Å². The van der Waals surface area contributed by atoms with Gasteiger partial charge in [-0.25, -0.2) is 4.39 Å². The van der Waals surface area contributed by atoms with Gasteiger partial charge in [0.05, 0.1) is 5.69 Å². The number of ether oxygens (including phenoxy) is 1. The van der Waals surface area contributed by atoms with Gasteiger partial charge in [0, 0.05) is 28.1 Å². The van der Waals surface area contributed by atoms with Crippen LogP contribution < -0.4 is 15.4 Å². The van der Waals surface area contributed by atoms with Crippen molar-refractivity contribution in [1.29, 1.82) is 0 Å². The number of benzene rings is 2. The molecule has 0 radical (unpaired) electrons. The van der Waals surface area contributed by atoms with Gasteiger partial charge in [0.25, 0.3) is 11.8 Å². The van der Waals surface area contributed by atoms with Crippen molar-refractivity contribution >= 4 is 29.1 Å². The molecule has 1 heterocycles. The van der Waals surface area contributed by atoms with E-state index in [0.29, 0.717) is 34.0 Å². The molecule has 1 saturated carbocycles. The summed E-state index contributed by atoms with van der Waals surface area (Å²) in [5.41, 5.74) is 1.31. The van der Waals surface area contributed by atoms with E-state index in [1.807, 2.05) is 0 Å². The minimum Gasteiger partial charge on any atom is -0.482 e. The quantitative estimate of drug-likeness (QED) is 0.883. The molecule has 1 aliphatic heterocycles. The van der Waals surface area contributed by atoms with E-state index in [-0.39, 0.29) is 36.2 Å². The molecule has 2 N–H and O–H groups in total. The number of amides is 2. The normalized spacial score (nSPS) is 21.0. The van der Waals surface area contributed by atoms with Crippen LogP contribution in [0.25, 0.3) is 0 Å². The van der Waals surface area contributed by atoms with E-state index in [4.69, 9.17) is 16.3 Å². The summed E-state index contributed by atoms with van der Waals surface area (Å²) in [5, 5.41) is 5.91. The average Bonchev–Trinajstić information content (AvgIpc) is 3.32. The van der Waals surface area contributed by atoms with E-state index in [2.05, 4.69) is 10.6 Å². The van der Waals surface area contributed by atoms with Gasteiger partial charge in [-0.05, 0) is 36.8 Å². The Hall–Kier alpha value is -2.60. The molecule has 0 saturated heterocycles. The predicted molar refractivity (Wildman–Crippen MR) is 90.6 cm³/mol. The molecule has 2 aromatic carbocycles. The van der Waals surface area contributed by atoms with Gasteiger partial charge in [-0.2, -0.15) is 0 Å². The fourth-order valence-corrected chi connectivity index (χ4v) is 3.32. The monoisotopic (exact) mass is 360 g/mol. The number of carbonyl (C=O) groups is 2. The first-order valence-corrected chi connectivity index (χ1v) is 8.22. The van der Waals surface area contributed by atoms with Crippen molar-refractivity contribution in [3.63, 3.8) is 0 Å². The molecular weight excluding hydrogens is 347 g/mol. The number of carbonyl (C=O) groups excluding carboxylic acids is 2. The Kier molecular flexibility index (Phi) is 3.84. The largest absolute Gasteiger partial charge is 0.482 e. The molecule has 0 bridgehead atoms. The van der Waals surface area contributed by atoms with Crippen LogP contribution in [0, 0.1) is 5.82 Å². The predicted octanol–water partition coefficient (Wildman–Crippen LogP) is 3.10. The molecule has 0 aromatic heterocycles. The fourth-order valence-electron chi connectivity index (χ4n) is 3.01. The van der Waals surface area contributed by atoms with E-state index < -0.39 is 0 Å². The van der Waals surface area contributed by atoms with Gasteiger partial charge in [0.2, 0.25) is 0 Å². The molecular formula is C18H14ClFN2O3. The Bertz CT molecular complexity index is 866. The standard InChI is InChI=1S/C18H14ClFN2O3/c19-11-2-1-3-12(20)17(11)10-7-13(10)22-18(24)9-4-5-15-14(6-9)21-16(23)8-25-15/h1-6,10,13H,7-8H2,(H,21,23)(H,22,24). The van der Waals surface area contributed by atoms with Crippen LogP contribution >= 0.6 is 11.6 Å². The summed E-state index contributed by atoms with van der Waals surface area (Å²) in [4.78, 5) is 23.8. The first kappa shape index (κ1) is 15.9. The summed E-state index contributed by atoms with van der Waals surface area (Å²) in [6.07, 6.45) is 0.636. The molecule has 2 unspecified atom stereocenters. The van der Waals surface area contributed by atoms with E-state index in [1.165, 1.54) is 6.07 Å². The molecule has 2 amide bonds. The lowest BCUT2D eigenvalue weighted by Crippen LogP contribution is -2.28. The first-order chi connectivity index (χ1) is 12.0. The number of halogens is 2. The van der Waals surface area contributed by atoms with Gasteiger partial charge >= 0.3 is 0 Å². The van der Waals surface area contributed by atoms with Crippen molar-refractivity contribution in [3.05, 3.63) is 58.4 Å². The molecule has 0 spiro atoms. The van der Waals surface area contributed by atoms with E-state index in [0.717, 1.165) is 0 Å². The Labute approximate surface area is 148 Å². The molecule has 7 heteroatoms. The molecule has 25 heavy (non-hydrogen) atoms. The third kappa shape index (κ3) is 3.05. The van der Waals surface area contributed by atoms with E-state index in [9.17, 15) is 14.0 Å². The highest BCUT2D eigenvalue weighted by molar-refractivity contribution is 6.31. The summed E-state index contributed by atoms with van der Waals surface area (Å²) in [5.74, 6) is -0.510. The number of hydrogen-bond acceptors (Lipinski definition) is 3. The maximum absolute atomic E-state index is 13.9. The Morgan fingerprint density at radius 1 is 1.32 bits per heavy atom. The van der Waals surface area contributed by atoms with Gasteiger partial charge in [0.1, 0.15) is 11.6 Å². The van der Waals surface area contributed by atoms with Crippen LogP contribution in [-0.4, -0.2) is 24.5 Å². The second kappa shape index (κ2) is 6.04. The molecule has 2 aromatic rings. The first-order valence-electron chi connectivity index (χ1n) is 7.84. The topological polar surface area (TPSA) is 67.4 Å². The summed E-state index contributed by atoms with van der Waals surface area (Å²) in [7, 11) is 0. The number of nitrogens with one attached hydrogen (secondary N) is 2. The van der Waals surface area contributed by atoms with Crippen LogP contribution in [0.5, 0.6) is 5.75 Å². The van der Waals surface area contributed by atoms with Crippen molar-refractivity contribution < 1.29 is 18.7 Å². The number of anilines is 1. The second-order valence-electron chi connectivity index (χ2n) is 6.11. The van der Waals surface area contributed by atoms with Crippen molar-refractivity contribution in [2.75, 3.05) is 11.9 Å².